The van der Waals surface area contributed by atoms with Gasteiger partial charge in [-0.25, -0.2) is 4.79 Å². The van der Waals surface area contributed by atoms with E-state index in [9.17, 15) is 9.90 Å². The van der Waals surface area contributed by atoms with E-state index in [0.29, 0.717) is 23.1 Å². The van der Waals surface area contributed by atoms with Crippen molar-refractivity contribution in [2.24, 2.45) is 0 Å². The standard InChI is InChI=1S/C13H15NO2/c1-7-12(13(15)16)10(8-2-3-8)6-11(14-7)9-4-5-9/h6,8-9H,2-5H2,1H3,(H,15,16). The van der Waals surface area contributed by atoms with Crippen LogP contribution in [-0.4, -0.2) is 16.1 Å². The Morgan fingerprint density at radius 1 is 1.31 bits per heavy atom. The van der Waals surface area contributed by atoms with E-state index in [2.05, 4.69) is 4.98 Å². The normalized spacial score (nSPS) is 19.8. The first-order valence-corrected chi connectivity index (χ1v) is 5.91. The topological polar surface area (TPSA) is 50.2 Å². The van der Waals surface area contributed by atoms with Gasteiger partial charge in [0, 0.05) is 11.6 Å². The van der Waals surface area contributed by atoms with Crippen molar-refractivity contribution in [3.05, 3.63) is 28.6 Å². The molecular weight excluding hydrogens is 202 g/mol. The molecule has 0 amide bonds. The highest BCUT2D eigenvalue weighted by atomic mass is 16.4. The second kappa shape index (κ2) is 3.30. The van der Waals surface area contributed by atoms with Crippen molar-refractivity contribution in [3.63, 3.8) is 0 Å². The molecule has 16 heavy (non-hydrogen) atoms. The fourth-order valence-electron chi connectivity index (χ4n) is 2.30. The molecule has 3 heteroatoms. The van der Waals surface area contributed by atoms with Crippen molar-refractivity contribution in [2.45, 2.75) is 44.4 Å². The average molecular weight is 217 g/mol. The highest BCUT2D eigenvalue weighted by Gasteiger charge is 2.33. The van der Waals surface area contributed by atoms with Crippen molar-refractivity contribution >= 4 is 5.97 Å². The number of carboxylic acids is 1. The molecule has 0 unspecified atom stereocenters. The minimum atomic E-state index is -0.825. The molecule has 3 rings (SSSR count). The molecule has 0 atom stereocenters. The maximum Gasteiger partial charge on any atom is 0.337 e. The van der Waals surface area contributed by atoms with E-state index in [0.717, 1.165) is 24.1 Å². The zero-order valence-corrected chi connectivity index (χ0v) is 9.36. The van der Waals surface area contributed by atoms with Gasteiger partial charge in [-0.2, -0.15) is 0 Å². The van der Waals surface area contributed by atoms with Crippen LogP contribution in [0.15, 0.2) is 6.07 Å². The average Bonchev–Trinajstić information content (AvgIpc) is 3.08. The van der Waals surface area contributed by atoms with E-state index in [-0.39, 0.29) is 0 Å². The minimum Gasteiger partial charge on any atom is -0.478 e. The number of carbonyl (C=O) groups is 1. The monoisotopic (exact) mass is 217 g/mol. The van der Waals surface area contributed by atoms with Crippen LogP contribution in [0.4, 0.5) is 0 Å². The second-order valence-electron chi connectivity index (χ2n) is 4.95. The van der Waals surface area contributed by atoms with Crippen molar-refractivity contribution in [3.8, 4) is 0 Å². The Bertz CT molecular complexity index is 459. The van der Waals surface area contributed by atoms with E-state index in [1.165, 1.54) is 12.8 Å². The van der Waals surface area contributed by atoms with Crippen LogP contribution >= 0.6 is 0 Å². The molecule has 0 aliphatic heterocycles. The summed E-state index contributed by atoms with van der Waals surface area (Å²) in [7, 11) is 0. The second-order valence-corrected chi connectivity index (χ2v) is 4.95. The lowest BCUT2D eigenvalue weighted by Gasteiger charge is -2.10. The zero-order valence-electron chi connectivity index (χ0n) is 9.36. The van der Waals surface area contributed by atoms with Crippen LogP contribution in [0.5, 0.6) is 0 Å². The van der Waals surface area contributed by atoms with E-state index >= 15 is 0 Å². The largest absolute Gasteiger partial charge is 0.478 e. The van der Waals surface area contributed by atoms with Gasteiger partial charge in [-0.15, -0.1) is 0 Å². The van der Waals surface area contributed by atoms with Crippen molar-refractivity contribution < 1.29 is 9.90 Å². The van der Waals surface area contributed by atoms with Crippen LogP contribution in [0, 0.1) is 6.92 Å². The molecule has 1 aromatic heterocycles. The lowest BCUT2D eigenvalue weighted by atomic mass is 10.0. The Balaban J connectivity index is 2.11. The summed E-state index contributed by atoms with van der Waals surface area (Å²) in [5, 5.41) is 9.23. The summed E-state index contributed by atoms with van der Waals surface area (Å²) in [5.41, 5.74) is 3.29. The number of rotatable bonds is 3. The number of aromatic nitrogens is 1. The molecule has 2 saturated carbocycles. The molecule has 0 spiro atoms. The first-order valence-electron chi connectivity index (χ1n) is 5.91. The van der Waals surface area contributed by atoms with Crippen LogP contribution in [-0.2, 0) is 0 Å². The van der Waals surface area contributed by atoms with E-state index in [1.807, 2.05) is 13.0 Å². The van der Waals surface area contributed by atoms with Gasteiger partial charge in [0.1, 0.15) is 0 Å². The van der Waals surface area contributed by atoms with Crippen LogP contribution < -0.4 is 0 Å². The molecule has 0 bridgehead atoms. The van der Waals surface area contributed by atoms with Crippen molar-refractivity contribution in [1.82, 2.24) is 4.98 Å². The van der Waals surface area contributed by atoms with Gasteiger partial charge >= 0.3 is 5.97 Å². The maximum atomic E-state index is 11.2. The molecule has 2 aliphatic carbocycles. The summed E-state index contributed by atoms with van der Waals surface area (Å²) in [6, 6.07) is 2.05. The smallest absolute Gasteiger partial charge is 0.337 e. The van der Waals surface area contributed by atoms with Gasteiger partial charge in [-0.1, -0.05) is 0 Å². The molecule has 1 N–H and O–H groups in total. The number of pyridine rings is 1. The summed E-state index contributed by atoms with van der Waals surface area (Å²) in [4.78, 5) is 15.7. The lowest BCUT2D eigenvalue weighted by Crippen LogP contribution is -2.08. The Hall–Kier alpha value is -1.38. The fourth-order valence-corrected chi connectivity index (χ4v) is 2.30. The van der Waals surface area contributed by atoms with Crippen LogP contribution in [0.2, 0.25) is 0 Å². The number of aromatic carboxylic acids is 1. The molecule has 0 saturated heterocycles. The van der Waals surface area contributed by atoms with Crippen molar-refractivity contribution in [2.75, 3.05) is 0 Å². The predicted molar refractivity (Wildman–Crippen MR) is 59.9 cm³/mol. The number of aryl methyl sites for hydroxylation is 1. The number of nitrogens with zero attached hydrogens (tertiary/aromatic N) is 1. The molecule has 84 valence electrons. The molecule has 2 aliphatic rings. The van der Waals surface area contributed by atoms with Gasteiger partial charge in [0.25, 0.3) is 0 Å². The van der Waals surface area contributed by atoms with Crippen molar-refractivity contribution in [1.29, 1.82) is 0 Å². The molecule has 3 nitrogen and oxygen atoms in total. The van der Waals surface area contributed by atoms with Gasteiger partial charge < -0.3 is 5.11 Å². The zero-order chi connectivity index (χ0) is 11.3. The summed E-state index contributed by atoms with van der Waals surface area (Å²) >= 11 is 0. The van der Waals surface area contributed by atoms with Crippen LogP contribution in [0.3, 0.4) is 0 Å². The molecule has 0 aromatic carbocycles. The Labute approximate surface area is 94.5 Å². The third-order valence-electron chi connectivity index (χ3n) is 3.48. The predicted octanol–water partition coefficient (Wildman–Crippen LogP) is 2.84. The Kier molecular flexibility index (Phi) is 2.03. The Morgan fingerprint density at radius 3 is 2.44 bits per heavy atom. The lowest BCUT2D eigenvalue weighted by molar-refractivity contribution is 0.0694. The van der Waals surface area contributed by atoms with Gasteiger partial charge in [0.05, 0.1) is 11.3 Å². The number of carboxylic acid groups (broad SMARTS) is 1. The third kappa shape index (κ3) is 1.60. The number of hydrogen-bond donors (Lipinski definition) is 1. The minimum absolute atomic E-state index is 0.451. The molecule has 1 heterocycles. The first-order chi connectivity index (χ1) is 7.66. The van der Waals surface area contributed by atoms with Gasteiger partial charge in [-0.3, -0.25) is 4.98 Å². The quantitative estimate of drug-likeness (QED) is 0.846. The third-order valence-corrected chi connectivity index (χ3v) is 3.48. The molecule has 0 radical (unpaired) electrons. The van der Waals surface area contributed by atoms with Gasteiger partial charge in [0.2, 0.25) is 0 Å². The van der Waals surface area contributed by atoms with E-state index in [1.54, 1.807) is 0 Å². The summed E-state index contributed by atoms with van der Waals surface area (Å²) < 4.78 is 0. The molecule has 1 aromatic rings. The summed E-state index contributed by atoms with van der Waals surface area (Å²) in [5.74, 6) is 0.249. The fraction of sp³-hybridized carbons (Fsp3) is 0.538. The van der Waals surface area contributed by atoms with Gasteiger partial charge in [-0.05, 0) is 50.2 Å². The van der Waals surface area contributed by atoms with Gasteiger partial charge in [0.15, 0.2) is 0 Å². The van der Waals surface area contributed by atoms with E-state index in [4.69, 9.17) is 0 Å². The van der Waals surface area contributed by atoms with Crippen LogP contribution in [0.1, 0.15) is 64.8 Å². The summed E-state index contributed by atoms with van der Waals surface area (Å²) in [6.45, 7) is 1.82. The highest BCUT2D eigenvalue weighted by Crippen LogP contribution is 2.45. The van der Waals surface area contributed by atoms with E-state index < -0.39 is 5.97 Å². The van der Waals surface area contributed by atoms with Crippen LogP contribution in [0.25, 0.3) is 0 Å². The molecular formula is C13H15NO2. The SMILES string of the molecule is Cc1nc(C2CC2)cc(C2CC2)c1C(=O)O. The number of hydrogen-bond acceptors (Lipinski definition) is 2. The summed E-state index contributed by atoms with van der Waals surface area (Å²) in [6.07, 6.45) is 4.69. The first kappa shape index (κ1) is 9.82. The maximum absolute atomic E-state index is 11.2. The highest BCUT2D eigenvalue weighted by molar-refractivity contribution is 5.91. The Morgan fingerprint density at radius 2 is 1.94 bits per heavy atom. The molecule has 2 fully saturated rings.